The molecule has 2 aromatic carbocycles. The van der Waals surface area contributed by atoms with Crippen molar-refractivity contribution in [1.82, 2.24) is 29.5 Å². The van der Waals surface area contributed by atoms with Gasteiger partial charge in [0.1, 0.15) is 17.1 Å². The van der Waals surface area contributed by atoms with Crippen LogP contribution in [-0.4, -0.2) is 49.1 Å². The molecule has 0 radical (unpaired) electrons. The molecule has 1 aliphatic heterocycles. The van der Waals surface area contributed by atoms with Gasteiger partial charge in [0.15, 0.2) is 5.65 Å². The molecule has 6 rings (SSSR count). The van der Waals surface area contributed by atoms with Crippen LogP contribution in [0.1, 0.15) is 81.0 Å². The molecule has 10 nitrogen and oxygen atoms in total. The van der Waals surface area contributed by atoms with Crippen molar-refractivity contribution < 1.29 is 27.5 Å². The fraction of sp³-hybridized carbons (Fsp3) is 0.286. The average molecular weight is 656 g/mol. The van der Waals surface area contributed by atoms with Crippen LogP contribution in [0, 0.1) is 25.7 Å². The first-order valence-electron chi connectivity index (χ1n) is 15.5. The molecule has 1 aliphatic rings. The molecule has 48 heavy (non-hydrogen) atoms. The Kier molecular flexibility index (Phi) is 9.16. The summed E-state index contributed by atoms with van der Waals surface area (Å²) in [6.45, 7) is 4.37. The van der Waals surface area contributed by atoms with Gasteiger partial charge in [-0.3, -0.25) is 9.59 Å². The van der Waals surface area contributed by atoms with E-state index in [1.807, 2.05) is 0 Å². The van der Waals surface area contributed by atoms with Gasteiger partial charge in [0.2, 0.25) is 0 Å². The number of alkyl halides is 3. The van der Waals surface area contributed by atoms with Crippen molar-refractivity contribution >= 4 is 23.1 Å². The van der Waals surface area contributed by atoms with Crippen molar-refractivity contribution in [2.24, 2.45) is 0 Å². The Morgan fingerprint density at radius 1 is 1.00 bits per heavy atom. The molecule has 0 saturated heterocycles. The maximum Gasteiger partial charge on any atom is 0.416 e. The Bertz CT molecular complexity index is 2070. The second-order valence-corrected chi connectivity index (χ2v) is 11.5. The molecular formula is C35H32F3N7O3. The number of aryl methyl sites for hydroxylation is 1. The summed E-state index contributed by atoms with van der Waals surface area (Å²) < 4.78 is 50.6. The van der Waals surface area contributed by atoms with Gasteiger partial charge in [-0.05, 0) is 80.6 Å². The van der Waals surface area contributed by atoms with E-state index in [-0.39, 0.29) is 28.5 Å². The van der Waals surface area contributed by atoms with Gasteiger partial charge >= 0.3 is 6.18 Å². The number of hydrogen-bond donors (Lipinski definition) is 2. The molecule has 0 unspecified atom stereocenters. The molecule has 2 amide bonds. The van der Waals surface area contributed by atoms with E-state index in [1.54, 1.807) is 44.3 Å². The molecule has 5 aromatic rings. The van der Waals surface area contributed by atoms with E-state index in [9.17, 15) is 22.8 Å². The van der Waals surface area contributed by atoms with Gasteiger partial charge in [-0.15, -0.1) is 0 Å². The van der Waals surface area contributed by atoms with Crippen molar-refractivity contribution in [3.63, 3.8) is 0 Å². The molecule has 0 fully saturated rings. The van der Waals surface area contributed by atoms with E-state index < -0.39 is 17.6 Å². The standard InChI is InChI=1S/C35H32F3N7O3/c1-22-20-44(21-41-22)28-16-25(35(36,37)38)15-26(17-28)42-33(46)30-18-29-14-24(23(30)2)8-9-27-19-40-32-11-10-31(43-45(27)32)34(47)39-12-6-4-3-5-7-13-48-29/h10-11,14-21H,3-7,12-13H2,1-2H3,(H,39,47)(H,42,46). The number of aromatic nitrogens is 5. The van der Waals surface area contributed by atoms with Crippen molar-refractivity contribution in [1.29, 1.82) is 0 Å². The smallest absolute Gasteiger partial charge is 0.416 e. The highest BCUT2D eigenvalue weighted by atomic mass is 19.4. The molecule has 13 heteroatoms. The lowest BCUT2D eigenvalue weighted by atomic mass is 10.0. The summed E-state index contributed by atoms with van der Waals surface area (Å²) in [6.07, 6.45) is 4.30. The Hall–Kier alpha value is -5.64. The van der Waals surface area contributed by atoms with Crippen LogP contribution in [0.15, 0.2) is 61.2 Å². The quantitative estimate of drug-likeness (QED) is 0.221. The van der Waals surface area contributed by atoms with Crippen LogP contribution < -0.4 is 15.4 Å². The summed E-state index contributed by atoms with van der Waals surface area (Å²) in [5.74, 6) is 5.61. The molecular weight excluding hydrogens is 623 g/mol. The third kappa shape index (κ3) is 7.33. The second-order valence-electron chi connectivity index (χ2n) is 11.5. The highest BCUT2D eigenvalue weighted by molar-refractivity contribution is 6.06. The van der Waals surface area contributed by atoms with E-state index in [1.165, 1.54) is 27.7 Å². The molecule has 4 bridgehead atoms. The Balaban J connectivity index is 1.38. The number of rotatable bonds is 3. The summed E-state index contributed by atoms with van der Waals surface area (Å²) in [5.41, 5.74) is 2.17. The van der Waals surface area contributed by atoms with E-state index in [4.69, 9.17) is 4.74 Å². The fourth-order valence-electron chi connectivity index (χ4n) is 5.34. The first-order valence-corrected chi connectivity index (χ1v) is 15.5. The van der Waals surface area contributed by atoms with Crippen LogP contribution in [0.25, 0.3) is 11.3 Å². The highest BCUT2D eigenvalue weighted by Gasteiger charge is 2.32. The zero-order valence-electron chi connectivity index (χ0n) is 26.3. The van der Waals surface area contributed by atoms with Crippen molar-refractivity contribution in [3.8, 4) is 23.3 Å². The summed E-state index contributed by atoms with van der Waals surface area (Å²) >= 11 is 0. The van der Waals surface area contributed by atoms with E-state index in [2.05, 4.69) is 37.5 Å². The molecule has 246 valence electrons. The van der Waals surface area contributed by atoms with E-state index >= 15 is 0 Å². The third-order valence-corrected chi connectivity index (χ3v) is 7.93. The number of ether oxygens (including phenoxy) is 1. The van der Waals surface area contributed by atoms with E-state index in [0.717, 1.165) is 44.2 Å². The second kappa shape index (κ2) is 13.6. The van der Waals surface area contributed by atoms with Gasteiger partial charge in [-0.1, -0.05) is 25.2 Å². The topological polar surface area (TPSA) is 115 Å². The minimum Gasteiger partial charge on any atom is -0.494 e. The van der Waals surface area contributed by atoms with Gasteiger partial charge < -0.3 is 19.9 Å². The van der Waals surface area contributed by atoms with Crippen LogP contribution in [0.4, 0.5) is 18.9 Å². The highest BCUT2D eigenvalue weighted by Crippen LogP contribution is 2.33. The number of carbonyl (C=O) groups excluding carboxylic acids is 2. The fourth-order valence-corrected chi connectivity index (χ4v) is 5.34. The maximum atomic E-state index is 13.9. The maximum absolute atomic E-state index is 13.9. The minimum absolute atomic E-state index is 0.0384. The molecule has 0 spiro atoms. The molecule has 0 saturated carbocycles. The summed E-state index contributed by atoms with van der Waals surface area (Å²) in [6, 6.07) is 9.94. The van der Waals surface area contributed by atoms with Crippen LogP contribution in [0.5, 0.6) is 5.75 Å². The first kappa shape index (κ1) is 32.3. The van der Waals surface area contributed by atoms with Crippen molar-refractivity contribution in [2.45, 2.75) is 52.1 Å². The van der Waals surface area contributed by atoms with Crippen molar-refractivity contribution in [2.75, 3.05) is 18.5 Å². The minimum atomic E-state index is -4.65. The molecule has 4 heterocycles. The number of halogens is 3. The zero-order chi connectivity index (χ0) is 33.8. The predicted octanol–water partition coefficient (Wildman–Crippen LogP) is 6.28. The SMILES string of the molecule is Cc1cn(-c2cc(NC(=O)c3cc4cc(c3C)C#Cc3cnc5ccc(nn35)C(=O)NCCCCCCCO4)cc(C(F)(F)F)c2)cn1. The largest absolute Gasteiger partial charge is 0.494 e. The number of imidazole rings is 2. The van der Waals surface area contributed by atoms with Crippen molar-refractivity contribution in [3.05, 3.63) is 101 Å². The van der Waals surface area contributed by atoms with Crippen LogP contribution in [0.2, 0.25) is 0 Å². The monoisotopic (exact) mass is 655 g/mol. The van der Waals surface area contributed by atoms with Crippen LogP contribution in [-0.2, 0) is 6.18 Å². The number of fused-ring (bicyclic) bond motifs is 3. The summed E-state index contributed by atoms with van der Waals surface area (Å²) in [5, 5.41) is 10.00. The number of amides is 2. The van der Waals surface area contributed by atoms with Crippen LogP contribution in [0.3, 0.4) is 0 Å². The van der Waals surface area contributed by atoms with Crippen LogP contribution >= 0.6 is 0 Å². The lowest BCUT2D eigenvalue weighted by Crippen LogP contribution is -2.26. The summed E-state index contributed by atoms with van der Waals surface area (Å²) in [7, 11) is 0. The van der Waals surface area contributed by atoms with Gasteiger partial charge in [-0.2, -0.15) is 18.3 Å². The average Bonchev–Trinajstić information content (AvgIpc) is 3.68. The Labute approximate surface area is 274 Å². The number of carbonyl (C=O) groups is 2. The normalized spacial score (nSPS) is 14.2. The molecule has 0 aliphatic carbocycles. The van der Waals surface area contributed by atoms with Gasteiger partial charge in [-0.25, -0.2) is 14.5 Å². The Morgan fingerprint density at radius 3 is 2.60 bits per heavy atom. The first-order chi connectivity index (χ1) is 23.0. The number of hydrogen-bond acceptors (Lipinski definition) is 6. The summed E-state index contributed by atoms with van der Waals surface area (Å²) in [4.78, 5) is 34.9. The van der Waals surface area contributed by atoms with Gasteiger partial charge in [0.05, 0.1) is 30.4 Å². The zero-order valence-corrected chi connectivity index (χ0v) is 26.3. The van der Waals surface area contributed by atoms with Gasteiger partial charge in [0, 0.05) is 35.2 Å². The third-order valence-electron chi connectivity index (χ3n) is 7.93. The molecule has 0 atom stereocenters. The molecule has 3 aromatic heterocycles. The Morgan fingerprint density at radius 2 is 1.81 bits per heavy atom. The number of nitrogens with one attached hydrogen (secondary N) is 2. The number of nitrogens with zero attached hydrogens (tertiary/aromatic N) is 5. The van der Waals surface area contributed by atoms with E-state index in [0.29, 0.717) is 47.1 Å². The lowest BCUT2D eigenvalue weighted by molar-refractivity contribution is -0.137. The molecule has 2 N–H and O–H groups in total. The van der Waals surface area contributed by atoms with Gasteiger partial charge in [0.25, 0.3) is 11.8 Å². The number of anilines is 1. The lowest BCUT2D eigenvalue weighted by Gasteiger charge is -2.16. The predicted molar refractivity (Wildman–Crippen MR) is 172 cm³/mol. The number of benzene rings is 2.